The van der Waals surface area contributed by atoms with Crippen molar-refractivity contribution < 1.29 is 22.7 Å². The molecule has 0 unspecified atom stereocenters. The summed E-state index contributed by atoms with van der Waals surface area (Å²) in [6, 6.07) is 3.35. The van der Waals surface area contributed by atoms with Gasteiger partial charge >= 0.3 is 0 Å². The van der Waals surface area contributed by atoms with Gasteiger partial charge < -0.3 is 15.4 Å². The molecule has 1 fully saturated rings. The van der Waals surface area contributed by atoms with Crippen LogP contribution < -0.4 is 20.1 Å². The Morgan fingerprint density at radius 2 is 2.00 bits per heavy atom. The molecule has 1 aromatic rings. The van der Waals surface area contributed by atoms with Crippen molar-refractivity contribution >= 4 is 21.8 Å². The average molecular weight is 383 g/mol. The normalized spacial score (nSPS) is 15.2. The summed E-state index contributed by atoms with van der Waals surface area (Å²) in [5, 5.41) is 5.26. The number of benzene rings is 1. The molecule has 0 aromatic heterocycles. The van der Waals surface area contributed by atoms with Gasteiger partial charge in [0.2, 0.25) is 15.9 Å². The van der Waals surface area contributed by atoms with Gasteiger partial charge in [0.25, 0.3) is 5.91 Å². The molecular formula is C17H25N3O5S. The summed E-state index contributed by atoms with van der Waals surface area (Å²) in [6.45, 7) is 4.02. The third-order valence-electron chi connectivity index (χ3n) is 3.90. The zero-order valence-corrected chi connectivity index (χ0v) is 16.0. The highest BCUT2D eigenvalue weighted by atomic mass is 32.2. The Morgan fingerprint density at radius 3 is 2.58 bits per heavy atom. The SMILES string of the molecule is CCCNC(=O)[C@H](C)NC(=O)c1ccc(OC)c(S(=O)(=O)NC2CC2)c1. The first kappa shape index (κ1) is 20.2. The highest BCUT2D eigenvalue weighted by Crippen LogP contribution is 2.28. The molecule has 2 rings (SSSR count). The summed E-state index contributed by atoms with van der Waals surface area (Å²) in [7, 11) is -2.42. The predicted molar refractivity (Wildman–Crippen MR) is 96.6 cm³/mol. The van der Waals surface area contributed by atoms with E-state index in [0.717, 1.165) is 19.3 Å². The lowest BCUT2D eigenvalue weighted by atomic mass is 10.2. The van der Waals surface area contributed by atoms with E-state index in [2.05, 4.69) is 15.4 Å². The number of ether oxygens (including phenoxy) is 1. The third-order valence-corrected chi connectivity index (χ3v) is 5.45. The van der Waals surface area contributed by atoms with Crippen molar-refractivity contribution in [3.05, 3.63) is 23.8 Å². The fraction of sp³-hybridized carbons (Fsp3) is 0.529. The molecule has 2 amide bonds. The lowest BCUT2D eigenvalue weighted by Crippen LogP contribution is -2.45. The molecule has 1 aromatic carbocycles. The van der Waals surface area contributed by atoms with E-state index in [1.54, 1.807) is 6.92 Å². The standard InChI is InChI=1S/C17H25N3O5S/c1-4-9-18-16(21)11(2)19-17(22)12-5-8-14(25-3)15(10-12)26(23,24)20-13-6-7-13/h5,8,10-11,13,20H,4,6-7,9H2,1-3H3,(H,18,21)(H,19,22)/t11-/m0/s1. The first-order valence-corrected chi connectivity index (χ1v) is 10.1. The van der Waals surface area contributed by atoms with Gasteiger partial charge in [0.1, 0.15) is 16.7 Å². The Labute approximate surface area is 153 Å². The van der Waals surface area contributed by atoms with Gasteiger partial charge in [0, 0.05) is 18.2 Å². The van der Waals surface area contributed by atoms with Crippen LogP contribution in [0.25, 0.3) is 0 Å². The molecule has 0 saturated heterocycles. The molecule has 3 N–H and O–H groups in total. The topological polar surface area (TPSA) is 114 Å². The van der Waals surface area contributed by atoms with E-state index >= 15 is 0 Å². The fourth-order valence-corrected chi connectivity index (χ4v) is 3.76. The van der Waals surface area contributed by atoms with Crippen LogP contribution in [-0.2, 0) is 14.8 Å². The zero-order chi connectivity index (χ0) is 19.3. The van der Waals surface area contributed by atoms with Crippen LogP contribution in [0.3, 0.4) is 0 Å². The van der Waals surface area contributed by atoms with Crippen LogP contribution in [0, 0.1) is 0 Å². The molecule has 26 heavy (non-hydrogen) atoms. The third kappa shape index (κ3) is 5.18. The highest BCUT2D eigenvalue weighted by molar-refractivity contribution is 7.89. The molecule has 8 nitrogen and oxygen atoms in total. The van der Waals surface area contributed by atoms with Crippen molar-refractivity contribution in [2.24, 2.45) is 0 Å². The quantitative estimate of drug-likeness (QED) is 0.583. The minimum absolute atomic E-state index is 0.0653. The largest absolute Gasteiger partial charge is 0.495 e. The Bertz CT molecular complexity index is 775. The second kappa shape index (κ2) is 8.50. The highest BCUT2D eigenvalue weighted by Gasteiger charge is 2.30. The fourth-order valence-electron chi connectivity index (χ4n) is 2.26. The zero-order valence-electron chi connectivity index (χ0n) is 15.2. The molecular weight excluding hydrogens is 358 g/mol. The first-order chi connectivity index (χ1) is 12.3. The second-order valence-electron chi connectivity index (χ2n) is 6.25. The molecule has 0 radical (unpaired) electrons. The number of nitrogens with one attached hydrogen (secondary N) is 3. The Morgan fingerprint density at radius 1 is 1.31 bits per heavy atom. The maximum absolute atomic E-state index is 12.5. The molecule has 0 spiro atoms. The monoisotopic (exact) mass is 383 g/mol. The van der Waals surface area contributed by atoms with Gasteiger partial charge in [0.05, 0.1) is 7.11 Å². The van der Waals surface area contributed by atoms with Gasteiger partial charge in [-0.2, -0.15) is 0 Å². The van der Waals surface area contributed by atoms with Crippen LogP contribution in [-0.4, -0.2) is 46.0 Å². The lowest BCUT2D eigenvalue weighted by molar-refractivity contribution is -0.122. The van der Waals surface area contributed by atoms with E-state index in [4.69, 9.17) is 4.74 Å². The molecule has 1 aliphatic rings. The molecule has 0 heterocycles. The predicted octanol–water partition coefficient (Wildman–Crippen LogP) is 0.780. The molecule has 0 bridgehead atoms. The first-order valence-electron chi connectivity index (χ1n) is 8.57. The number of rotatable bonds is 9. The average Bonchev–Trinajstić information content (AvgIpc) is 3.42. The molecule has 0 aliphatic heterocycles. The maximum atomic E-state index is 12.5. The Hall–Kier alpha value is -2.13. The number of carbonyl (C=O) groups excluding carboxylic acids is 2. The van der Waals surface area contributed by atoms with Crippen LogP contribution in [0.5, 0.6) is 5.75 Å². The lowest BCUT2D eigenvalue weighted by Gasteiger charge is -2.15. The number of sulfonamides is 1. The van der Waals surface area contributed by atoms with E-state index in [1.807, 2.05) is 6.92 Å². The van der Waals surface area contributed by atoms with Gasteiger partial charge in [-0.3, -0.25) is 9.59 Å². The van der Waals surface area contributed by atoms with Crippen LogP contribution in [0.4, 0.5) is 0 Å². The summed E-state index contributed by atoms with van der Waals surface area (Å²) < 4.78 is 32.7. The summed E-state index contributed by atoms with van der Waals surface area (Å²) in [6.07, 6.45) is 2.39. The van der Waals surface area contributed by atoms with Gasteiger partial charge in [-0.05, 0) is 44.4 Å². The Balaban J connectivity index is 2.17. The summed E-state index contributed by atoms with van der Waals surface area (Å²) in [5.41, 5.74) is 0.136. The van der Waals surface area contributed by atoms with E-state index in [0.29, 0.717) is 6.54 Å². The van der Waals surface area contributed by atoms with Crippen molar-refractivity contribution in [3.8, 4) is 5.75 Å². The van der Waals surface area contributed by atoms with Crippen LogP contribution in [0.1, 0.15) is 43.5 Å². The van der Waals surface area contributed by atoms with Crippen molar-refractivity contribution in [1.29, 1.82) is 0 Å². The maximum Gasteiger partial charge on any atom is 0.251 e. The number of hydrogen-bond donors (Lipinski definition) is 3. The van der Waals surface area contributed by atoms with Crippen molar-refractivity contribution in [2.75, 3.05) is 13.7 Å². The van der Waals surface area contributed by atoms with E-state index in [-0.39, 0.29) is 28.2 Å². The molecule has 144 valence electrons. The van der Waals surface area contributed by atoms with Crippen LogP contribution in [0.15, 0.2) is 23.1 Å². The molecule has 1 saturated carbocycles. The van der Waals surface area contributed by atoms with Crippen molar-refractivity contribution in [3.63, 3.8) is 0 Å². The summed E-state index contributed by atoms with van der Waals surface area (Å²) in [4.78, 5) is 24.2. The van der Waals surface area contributed by atoms with Crippen molar-refractivity contribution in [2.45, 2.75) is 50.1 Å². The molecule has 1 aliphatic carbocycles. The molecule has 9 heteroatoms. The van der Waals surface area contributed by atoms with E-state index < -0.39 is 22.0 Å². The van der Waals surface area contributed by atoms with E-state index in [9.17, 15) is 18.0 Å². The number of hydrogen-bond acceptors (Lipinski definition) is 5. The van der Waals surface area contributed by atoms with E-state index in [1.165, 1.54) is 25.3 Å². The van der Waals surface area contributed by atoms with Crippen LogP contribution >= 0.6 is 0 Å². The minimum Gasteiger partial charge on any atom is -0.495 e. The number of methoxy groups -OCH3 is 1. The number of amides is 2. The van der Waals surface area contributed by atoms with Gasteiger partial charge in [-0.25, -0.2) is 13.1 Å². The molecule has 1 atom stereocenters. The summed E-state index contributed by atoms with van der Waals surface area (Å²) in [5.74, 6) is -0.671. The van der Waals surface area contributed by atoms with Gasteiger partial charge in [0.15, 0.2) is 0 Å². The smallest absolute Gasteiger partial charge is 0.251 e. The van der Waals surface area contributed by atoms with Crippen LogP contribution in [0.2, 0.25) is 0 Å². The number of carbonyl (C=O) groups is 2. The second-order valence-corrected chi connectivity index (χ2v) is 7.93. The van der Waals surface area contributed by atoms with Gasteiger partial charge in [-0.1, -0.05) is 6.92 Å². The summed E-state index contributed by atoms with van der Waals surface area (Å²) >= 11 is 0. The minimum atomic E-state index is -3.79. The Kier molecular flexibility index (Phi) is 6.60. The van der Waals surface area contributed by atoms with Crippen molar-refractivity contribution in [1.82, 2.24) is 15.4 Å². The van der Waals surface area contributed by atoms with Gasteiger partial charge in [-0.15, -0.1) is 0 Å².